The molecule has 0 aromatic heterocycles. The van der Waals surface area contributed by atoms with Crippen LogP contribution in [-0.4, -0.2) is 29.1 Å². The van der Waals surface area contributed by atoms with Crippen LogP contribution in [0.1, 0.15) is 24.4 Å². The van der Waals surface area contributed by atoms with E-state index in [-0.39, 0.29) is 11.6 Å². The summed E-state index contributed by atoms with van der Waals surface area (Å²) >= 11 is 0. The van der Waals surface area contributed by atoms with E-state index in [0.717, 1.165) is 18.9 Å². The van der Waals surface area contributed by atoms with Crippen molar-refractivity contribution in [3.63, 3.8) is 0 Å². The van der Waals surface area contributed by atoms with Crippen LogP contribution in [0.25, 0.3) is 0 Å². The smallest absolute Gasteiger partial charge is 0.325 e. The first kappa shape index (κ1) is 12.0. The average Bonchev–Trinajstić information content (AvgIpc) is 3.04. The molecule has 0 bridgehead atoms. The van der Waals surface area contributed by atoms with Crippen LogP contribution in [0, 0.1) is 11.6 Å². The van der Waals surface area contributed by atoms with Crippen molar-refractivity contribution < 1.29 is 18.7 Å². The summed E-state index contributed by atoms with van der Waals surface area (Å²) < 4.78 is 26.4. The predicted molar refractivity (Wildman–Crippen MR) is 57.5 cm³/mol. The van der Waals surface area contributed by atoms with Gasteiger partial charge < -0.3 is 5.11 Å². The summed E-state index contributed by atoms with van der Waals surface area (Å²) in [6.07, 6.45) is 1.84. The second-order valence-electron chi connectivity index (χ2n) is 4.30. The quantitative estimate of drug-likeness (QED) is 0.878. The SMILES string of the molecule is CN(C1CC1)C(C(=O)O)c1ccc(F)cc1F. The van der Waals surface area contributed by atoms with Gasteiger partial charge in [0.2, 0.25) is 0 Å². The number of likely N-dealkylation sites (N-methyl/N-ethyl adjacent to an activating group) is 1. The molecular formula is C12H13F2NO2. The zero-order valence-electron chi connectivity index (χ0n) is 9.36. The summed E-state index contributed by atoms with van der Waals surface area (Å²) in [5.74, 6) is -2.64. The molecule has 1 aromatic carbocycles. The van der Waals surface area contributed by atoms with Crippen molar-refractivity contribution in [2.45, 2.75) is 24.9 Å². The van der Waals surface area contributed by atoms with Crippen LogP contribution in [0.15, 0.2) is 18.2 Å². The summed E-state index contributed by atoms with van der Waals surface area (Å²) in [6.45, 7) is 0. The molecule has 0 aliphatic heterocycles. The monoisotopic (exact) mass is 241 g/mol. The molecule has 2 rings (SSSR count). The third kappa shape index (κ3) is 2.44. The lowest BCUT2D eigenvalue weighted by Crippen LogP contribution is -2.33. The van der Waals surface area contributed by atoms with Gasteiger partial charge in [-0.05, 0) is 26.0 Å². The van der Waals surface area contributed by atoms with Crippen molar-refractivity contribution in [3.8, 4) is 0 Å². The summed E-state index contributed by atoms with van der Waals surface area (Å²) in [4.78, 5) is 12.8. The molecule has 0 saturated heterocycles. The van der Waals surface area contributed by atoms with Gasteiger partial charge in [0.1, 0.15) is 17.7 Å². The molecule has 17 heavy (non-hydrogen) atoms. The third-order valence-corrected chi connectivity index (χ3v) is 3.02. The van der Waals surface area contributed by atoms with Gasteiger partial charge in [-0.2, -0.15) is 0 Å². The Morgan fingerprint density at radius 2 is 2.12 bits per heavy atom. The first-order chi connectivity index (χ1) is 8.00. The molecule has 1 atom stereocenters. The number of nitrogens with zero attached hydrogens (tertiary/aromatic N) is 1. The van der Waals surface area contributed by atoms with E-state index in [1.54, 1.807) is 11.9 Å². The van der Waals surface area contributed by atoms with E-state index in [1.807, 2.05) is 0 Å². The Balaban J connectivity index is 2.34. The fraction of sp³-hybridized carbons (Fsp3) is 0.417. The van der Waals surface area contributed by atoms with E-state index in [1.165, 1.54) is 6.07 Å². The highest BCUT2D eigenvalue weighted by Gasteiger charge is 2.36. The van der Waals surface area contributed by atoms with Crippen LogP contribution in [0.2, 0.25) is 0 Å². The lowest BCUT2D eigenvalue weighted by atomic mass is 10.0. The fourth-order valence-electron chi connectivity index (χ4n) is 1.94. The number of carboxylic acid groups (broad SMARTS) is 1. The van der Waals surface area contributed by atoms with Crippen LogP contribution in [-0.2, 0) is 4.79 Å². The normalized spacial score (nSPS) is 17.2. The number of hydrogen-bond acceptors (Lipinski definition) is 2. The molecule has 5 heteroatoms. The van der Waals surface area contributed by atoms with Crippen LogP contribution >= 0.6 is 0 Å². The maximum Gasteiger partial charge on any atom is 0.325 e. The fourth-order valence-corrected chi connectivity index (χ4v) is 1.94. The Bertz CT molecular complexity index is 446. The summed E-state index contributed by atoms with van der Waals surface area (Å²) in [7, 11) is 1.65. The molecule has 0 amide bonds. The van der Waals surface area contributed by atoms with E-state index < -0.39 is 23.6 Å². The molecule has 1 aromatic rings. The molecule has 1 aliphatic carbocycles. The molecule has 0 spiro atoms. The van der Waals surface area contributed by atoms with E-state index in [4.69, 9.17) is 5.11 Å². The zero-order valence-corrected chi connectivity index (χ0v) is 9.36. The van der Waals surface area contributed by atoms with Gasteiger partial charge in [-0.15, -0.1) is 0 Å². The standard InChI is InChI=1S/C12H13F2NO2/c1-15(8-3-4-8)11(12(16)17)9-5-2-7(13)6-10(9)14/h2,5-6,8,11H,3-4H2,1H3,(H,16,17). The van der Waals surface area contributed by atoms with Crippen LogP contribution in [0.3, 0.4) is 0 Å². The van der Waals surface area contributed by atoms with Crippen LogP contribution in [0.4, 0.5) is 8.78 Å². The Labute approximate surface area is 97.7 Å². The molecule has 0 heterocycles. The maximum absolute atomic E-state index is 13.6. The molecule has 92 valence electrons. The highest BCUT2D eigenvalue weighted by atomic mass is 19.1. The number of hydrogen-bond donors (Lipinski definition) is 1. The van der Waals surface area contributed by atoms with Crippen LogP contribution in [0.5, 0.6) is 0 Å². The van der Waals surface area contributed by atoms with Crippen molar-refractivity contribution in [2.75, 3.05) is 7.05 Å². The highest BCUT2D eigenvalue weighted by Crippen LogP contribution is 2.34. The van der Waals surface area contributed by atoms with Crippen molar-refractivity contribution >= 4 is 5.97 Å². The largest absolute Gasteiger partial charge is 0.480 e. The minimum Gasteiger partial charge on any atom is -0.480 e. The number of carboxylic acids is 1. The van der Waals surface area contributed by atoms with Gasteiger partial charge in [0.25, 0.3) is 0 Å². The van der Waals surface area contributed by atoms with Crippen molar-refractivity contribution in [3.05, 3.63) is 35.4 Å². The molecule has 3 nitrogen and oxygen atoms in total. The number of halogens is 2. The first-order valence-electron chi connectivity index (χ1n) is 5.40. The van der Waals surface area contributed by atoms with Crippen LogP contribution < -0.4 is 0 Å². The highest BCUT2D eigenvalue weighted by molar-refractivity contribution is 5.75. The van der Waals surface area contributed by atoms with E-state index in [2.05, 4.69) is 0 Å². The first-order valence-corrected chi connectivity index (χ1v) is 5.40. The van der Waals surface area contributed by atoms with E-state index >= 15 is 0 Å². The predicted octanol–water partition coefficient (Wildman–Crippen LogP) is 2.18. The van der Waals surface area contributed by atoms with E-state index in [9.17, 15) is 13.6 Å². The topological polar surface area (TPSA) is 40.5 Å². The van der Waals surface area contributed by atoms with Crippen molar-refractivity contribution in [2.24, 2.45) is 0 Å². The summed E-state index contributed by atoms with van der Waals surface area (Å²) in [6, 6.07) is 2.12. The van der Waals surface area contributed by atoms with Gasteiger partial charge in [-0.1, -0.05) is 6.07 Å². The minimum atomic E-state index is -1.12. The maximum atomic E-state index is 13.6. The zero-order chi connectivity index (χ0) is 12.6. The van der Waals surface area contributed by atoms with Gasteiger partial charge in [0.15, 0.2) is 0 Å². The second-order valence-corrected chi connectivity index (χ2v) is 4.30. The molecule has 1 aliphatic rings. The summed E-state index contributed by atoms with van der Waals surface area (Å²) in [5, 5.41) is 9.17. The minimum absolute atomic E-state index is 0.00769. The van der Waals surface area contributed by atoms with Gasteiger partial charge in [-0.25, -0.2) is 8.78 Å². The van der Waals surface area contributed by atoms with Crippen molar-refractivity contribution in [1.29, 1.82) is 0 Å². The van der Waals surface area contributed by atoms with Crippen molar-refractivity contribution in [1.82, 2.24) is 4.90 Å². The average molecular weight is 241 g/mol. The number of rotatable bonds is 4. The summed E-state index contributed by atoms with van der Waals surface area (Å²) in [5.41, 5.74) is 0.00769. The van der Waals surface area contributed by atoms with Gasteiger partial charge in [0.05, 0.1) is 0 Å². The van der Waals surface area contributed by atoms with Gasteiger partial charge >= 0.3 is 5.97 Å². The van der Waals surface area contributed by atoms with Gasteiger partial charge in [0, 0.05) is 17.7 Å². The Morgan fingerprint density at radius 1 is 1.47 bits per heavy atom. The Morgan fingerprint density at radius 3 is 2.59 bits per heavy atom. The lowest BCUT2D eigenvalue weighted by molar-refractivity contribution is -0.143. The molecule has 1 fully saturated rings. The lowest BCUT2D eigenvalue weighted by Gasteiger charge is -2.24. The Kier molecular flexibility index (Phi) is 3.11. The molecule has 1 saturated carbocycles. The van der Waals surface area contributed by atoms with E-state index in [0.29, 0.717) is 6.07 Å². The number of carbonyl (C=O) groups is 1. The number of aliphatic carboxylic acids is 1. The number of benzene rings is 1. The third-order valence-electron chi connectivity index (χ3n) is 3.02. The molecule has 1 N–H and O–H groups in total. The Hall–Kier alpha value is -1.49. The second kappa shape index (κ2) is 4.41. The molecule has 0 radical (unpaired) electrons. The molecular weight excluding hydrogens is 228 g/mol. The molecule has 1 unspecified atom stereocenters. The van der Waals surface area contributed by atoms with Gasteiger partial charge in [-0.3, -0.25) is 9.69 Å².